The van der Waals surface area contributed by atoms with E-state index in [0.717, 1.165) is 12.0 Å². The van der Waals surface area contributed by atoms with Crippen molar-refractivity contribution in [1.29, 1.82) is 0 Å². The van der Waals surface area contributed by atoms with Crippen LogP contribution in [0.4, 0.5) is 11.4 Å². The van der Waals surface area contributed by atoms with Gasteiger partial charge in [-0.3, -0.25) is 9.52 Å². The number of nitrogens with zero attached hydrogens (tertiary/aromatic N) is 1. The molecule has 0 saturated carbocycles. The molecular weight excluding hydrogens is 388 g/mol. The average Bonchev–Trinajstić information content (AvgIpc) is 2.78. The van der Waals surface area contributed by atoms with Crippen molar-refractivity contribution in [2.45, 2.75) is 33.6 Å². The lowest BCUT2D eigenvalue weighted by Crippen LogP contribution is -2.42. The van der Waals surface area contributed by atoms with Crippen molar-refractivity contribution >= 4 is 27.3 Å². The second-order valence-electron chi connectivity index (χ2n) is 7.97. The number of amides is 1. The van der Waals surface area contributed by atoms with Crippen molar-refractivity contribution in [2.75, 3.05) is 28.5 Å². The van der Waals surface area contributed by atoms with E-state index < -0.39 is 15.4 Å². The minimum atomic E-state index is -3.53. The SMILES string of the molecule is CCCN1C(=O)C(C)(C)COc2ccc(NS(=O)(=O)CCc3ccccc3)cc21. The normalized spacial score (nSPS) is 16.0. The Hall–Kier alpha value is -2.54. The lowest BCUT2D eigenvalue weighted by atomic mass is 9.93. The van der Waals surface area contributed by atoms with Gasteiger partial charge in [-0.1, -0.05) is 37.3 Å². The van der Waals surface area contributed by atoms with Crippen molar-refractivity contribution in [2.24, 2.45) is 5.41 Å². The summed E-state index contributed by atoms with van der Waals surface area (Å²) in [5.41, 5.74) is 1.35. The van der Waals surface area contributed by atoms with Gasteiger partial charge in [0.1, 0.15) is 12.4 Å². The van der Waals surface area contributed by atoms with Crippen LogP contribution in [-0.2, 0) is 21.2 Å². The molecule has 0 aromatic heterocycles. The fraction of sp³-hybridized carbons (Fsp3) is 0.409. The summed E-state index contributed by atoms with van der Waals surface area (Å²) in [5, 5.41) is 0. The molecule has 2 aromatic rings. The van der Waals surface area contributed by atoms with Crippen LogP contribution in [0.15, 0.2) is 48.5 Å². The van der Waals surface area contributed by atoms with Crippen molar-refractivity contribution in [3.8, 4) is 5.75 Å². The van der Waals surface area contributed by atoms with Gasteiger partial charge in [0.05, 0.1) is 22.5 Å². The van der Waals surface area contributed by atoms with Gasteiger partial charge in [-0.2, -0.15) is 0 Å². The van der Waals surface area contributed by atoms with E-state index in [1.807, 2.05) is 51.1 Å². The van der Waals surface area contributed by atoms with E-state index in [-0.39, 0.29) is 18.3 Å². The van der Waals surface area contributed by atoms with Crippen molar-refractivity contribution in [3.63, 3.8) is 0 Å². The molecule has 2 aromatic carbocycles. The fourth-order valence-electron chi connectivity index (χ4n) is 3.28. The fourth-order valence-corrected chi connectivity index (χ4v) is 4.37. The Bertz CT molecular complexity index is 972. The van der Waals surface area contributed by atoms with Gasteiger partial charge in [0.2, 0.25) is 15.9 Å². The minimum absolute atomic E-state index is 0.0186. The molecule has 0 atom stereocenters. The molecule has 0 bridgehead atoms. The Morgan fingerprint density at radius 2 is 1.86 bits per heavy atom. The molecule has 3 rings (SSSR count). The molecule has 1 aliphatic heterocycles. The van der Waals surface area contributed by atoms with Gasteiger partial charge < -0.3 is 9.64 Å². The zero-order valence-electron chi connectivity index (χ0n) is 17.1. The Labute approximate surface area is 172 Å². The zero-order valence-corrected chi connectivity index (χ0v) is 18.0. The van der Waals surface area contributed by atoms with Gasteiger partial charge in [-0.05, 0) is 50.5 Å². The summed E-state index contributed by atoms with van der Waals surface area (Å²) in [4.78, 5) is 14.7. The molecule has 1 amide bonds. The van der Waals surface area contributed by atoms with Gasteiger partial charge >= 0.3 is 0 Å². The van der Waals surface area contributed by atoms with Gasteiger partial charge in [-0.15, -0.1) is 0 Å². The molecule has 1 heterocycles. The summed E-state index contributed by atoms with van der Waals surface area (Å²) in [6.45, 7) is 6.54. The molecule has 1 aliphatic rings. The number of aryl methyl sites for hydroxylation is 1. The third-order valence-corrected chi connectivity index (χ3v) is 6.17. The number of hydrogen-bond donors (Lipinski definition) is 1. The molecule has 0 radical (unpaired) electrons. The predicted molar refractivity (Wildman–Crippen MR) is 116 cm³/mol. The Balaban J connectivity index is 1.82. The molecule has 1 N–H and O–H groups in total. The van der Waals surface area contributed by atoms with Gasteiger partial charge in [0, 0.05) is 6.54 Å². The number of fused-ring (bicyclic) bond motifs is 1. The number of carbonyl (C=O) groups excluding carboxylic acids is 1. The highest BCUT2D eigenvalue weighted by Gasteiger charge is 2.37. The number of benzene rings is 2. The Kier molecular flexibility index (Phi) is 6.17. The van der Waals surface area contributed by atoms with E-state index in [0.29, 0.717) is 30.1 Å². The molecular formula is C22H28N2O4S. The van der Waals surface area contributed by atoms with Crippen LogP contribution < -0.4 is 14.4 Å². The van der Waals surface area contributed by atoms with Gasteiger partial charge in [-0.25, -0.2) is 8.42 Å². The van der Waals surface area contributed by atoms with E-state index >= 15 is 0 Å². The lowest BCUT2D eigenvalue weighted by molar-refractivity contribution is -0.127. The van der Waals surface area contributed by atoms with E-state index in [1.54, 1.807) is 23.1 Å². The van der Waals surface area contributed by atoms with Crippen LogP contribution in [0.2, 0.25) is 0 Å². The first kappa shape index (κ1) is 21.2. The van der Waals surface area contributed by atoms with Crippen LogP contribution in [0.1, 0.15) is 32.8 Å². The molecule has 7 heteroatoms. The van der Waals surface area contributed by atoms with E-state index in [9.17, 15) is 13.2 Å². The summed E-state index contributed by atoms with van der Waals surface area (Å²) in [6.07, 6.45) is 1.22. The predicted octanol–water partition coefficient (Wildman–Crippen LogP) is 3.83. The zero-order chi connectivity index (χ0) is 21.1. The van der Waals surface area contributed by atoms with Crippen molar-refractivity contribution < 1.29 is 17.9 Å². The number of carbonyl (C=O) groups is 1. The van der Waals surface area contributed by atoms with Crippen molar-refractivity contribution in [3.05, 3.63) is 54.1 Å². The van der Waals surface area contributed by atoms with Crippen LogP contribution in [0.5, 0.6) is 5.75 Å². The van der Waals surface area contributed by atoms with Crippen LogP contribution >= 0.6 is 0 Å². The number of nitrogens with one attached hydrogen (secondary N) is 1. The Morgan fingerprint density at radius 1 is 1.14 bits per heavy atom. The van der Waals surface area contributed by atoms with Crippen LogP contribution in [0.25, 0.3) is 0 Å². The van der Waals surface area contributed by atoms with Crippen molar-refractivity contribution in [1.82, 2.24) is 0 Å². The van der Waals surface area contributed by atoms with Gasteiger partial charge in [0.25, 0.3) is 0 Å². The highest BCUT2D eigenvalue weighted by atomic mass is 32.2. The van der Waals surface area contributed by atoms with E-state index in [4.69, 9.17) is 4.74 Å². The standard InChI is InChI=1S/C22H28N2O4S/c1-4-13-24-19-15-18(10-11-20(19)28-16-22(2,3)21(24)25)23-29(26,27)14-12-17-8-6-5-7-9-17/h5-11,15,23H,4,12-14,16H2,1-3H3. The Morgan fingerprint density at radius 3 is 2.55 bits per heavy atom. The first-order valence-electron chi connectivity index (χ1n) is 9.85. The van der Waals surface area contributed by atoms with E-state index in [1.165, 1.54) is 0 Å². The monoisotopic (exact) mass is 416 g/mol. The lowest BCUT2D eigenvalue weighted by Gasteiger charge is -2.28. The second kappa shape index (κ2) is 8.45. The quantitative estimate of drug-likeness (QED) is 0.744. The maximum atomic E-state index is 13.0. The smallest absolute Gasteiger partial charge is 0.236 e. The number of anilines is 2. The number of ether oxygens (including phenoxy) is 1. The largest absolute Gasteiger partial charge is 0.490 e. The molecule has 0 saturated heterocycles. The molecule has 0 fully saturated rings. The first-order chi connectivity index (χ1) is 13.7. The maximum Gasteiger partial charge on any atom is 0.236 e. The van der Waals surface area contributed by atoms with Crippen LogP contribution in [-0.4, -0.2) is 33.2 Å². The topological polar surface area (TPSA) is 75.7 Å². The third kappa shape index (κ3) is 5.09. The number of hydrogen-bond acceptors (Lipinski definition) is 4. The highest BCUT2D eigenvalue weighted by Crippen LogP contribution is 2.38. The molecule has 0 unspecified atom stereocenters. The minimum Gasteiger partial charge on any atom is -0.490 e. The summed E-state index contributed by atoms with van der Waals surface area (Å²) >= 11 is 0. The third-order valence-electron chi connectivity index (χ3n) is 4.89. The molecule has 6 nitrogen and oxygen atoms in total. The summed E-state index contributed by atoms with van der Waals surface area (Å²) in [6, 6.07) is 14.6. The average molecular weight is 417 g/mol. The molecule has 156 valence electrons. The summed E-state index contributed by atoms with van der Waals surface area (Å²) in [7, 11) is -3.53. The summed E-state index contributed by atoms with van der Waals surface area (Å²) in [5.74, 6) is 0.543. The number of rotatable bonds is 7. The van der Waals surface area contributed by atoms with Crippen LogP contribution in [0, 0.1) is 5.41 Å². The van der Waals surface area contributed by atoms with Crippen LogP contribution in [0.3, 0.4) is 0 Å². The van der Waals surface area contributed by atoms with Gasteiger partial charge in [0.15, 0.2) is 0 Å². The molecule has 0 aliphatic carbocycles. The highest BCUT2D eigenvalue weighted by molar-refractivity contribution is 7.92. The second-order valence-corrected chi connectivity index (χ2v) is 9.81. The maximum absolute atomic E-state index is 13.0. The first-order valence-corrected chi connectivity index (χ1v) is 11.5. The molecule has 0 spiro atoms. The van der Waals surface area contributed by atoms with E-state index in [2.05, 4.69) is 4.72 Å². The summed E-state index contributed by atoms with van der Waals surface area (Å²) < 4.78 is 33.6. The molecule has 29 heavy (non-hydrogen) atoms. The number of sulfonamides is 1.